The van der Waals surface area contributed by atoms with Crippen molar-refractivity contribution in [3.05, 3.63) is 0 Å². The maximum atomic E-state index is 12.6. The van der Waals surface area contributed by atoms with Crippen molar-refractivity contribution in [1.82, 2.24) is 5.32 Å². The van der Waals surface area contributed by atoms with E-state index in [9.17, 15) is 13.6 Å². The lowest BCUT2D eigenvalue weighted by molar-refractivity contribution is -0.164. The first-order valence-electron chi connectivity index (χ1n) is 4.45. The number of ether oxygens (including phenoxy) is 1. The van der Waals surface area contributed by atoms with E-state index in [0.29, 0.717) is 13.2 Å². The smallest absolute Gasteiger partial charge is 0.375 e. The van der Waals surface area contributed by atoms with E-state index in [2.05, 4.69) is 5.32 Å². The summed E-state index contributed by atoms with van der Waals surface area (Å²) >= 11 is 0. The number of carboxylic acid groups (broad SMARTS) is 1. The van der Waals surface area contributed by atoms with Gasteiger partial charge in [-0.3, -0.25) is 0 Å². The van der Waals surface area contributed by atoms with Crippen molar-refractivity contribution in [3.8, 4) is 0 Å². The summed E-state index contributed by atoms with van der Waals surface area (Å²) in [6.07, 6.45) is 1.56. The van der Waals surface area contributed by atoms with Crippen molar-refractivity contribution in [2.75, 3.05) is 19.8 Å². The Morgan fingerprint density at radius 2 is 2.36 bits per heavy atom. The van der Waals surface area contributed by atoms with Crippen LogP contribution in [0.15, 0.2) is 0 Å². The molecule has 0 aromatic carbocycles. The van der Waals surface area contributed by atoms with E-state index in [4.69, 9.17) is 9.84 Å². The van der Waals surface area contributed by atoms with Gasteiger partial charge >= 0.3 is 11.9 Å². The summed E-state index contributed by atoms with van der Waals surface area (Å²) in [5.74, 6) is -5.79. The number of alkyl halides is 2. The fourth-order valence-corrected chi connectivity index (χ4v) is 1.25. The molecule has 1 atom stereocenters. The Balaban J connectivity index is 2.28. The summed E-state index contributed by atoms with van der Waals surface area (Å²) in [6, 6.07) is -0.158. The number of halogens is 2. The van der Waals surface area contributed by atoms with Gasteiger partial charge in [0.15, 0.2) is 0 Å². The molecule has 1 aliphatic rings. The Labute approximate surface area is 80.2 Å². The number of rotatable bonds is 4. The van der Waals surface area contributed by atoms with Crippen molar-refractivity contribution < 1.29 is 23.4 Å². The second kappa shape index (κ2) is 4.65. The van der Waals surface area contributed by atoms with Crippen LogP contribution in [0, 0.1) is 0 Å². The molecule has 1 heterocycles. The van der Waals surface area contributed by atoms with Crippen molar-refractivity contribution in [2.45, 2.75) is 24.8 Å². The van der Waals surface area contributed by atoms with Crippen LogP contribution in [-0.4, -0.2) is 42.8 Å². The number of carboxylic acids is 1. The molecule has 1 fully saturated rings. The average molecular weight is 209 g/mol. The molecule has 4 nitrogen and oxygen atoms in total. The highest BCUT2D eigenvalue weighted by atomic mass is 19.3. The monoisotopic (exact) mass is 209 g/mol. The van der Waals surface area contributed by atoms with E-state index < -0.39 is 18.4 Å². The summed E-state index contributed by atoms with van der Waals surface area (Å²) in [7, 11) is 0. The minimum Gasteiger partial charge on any atom is -0.477 e. The third kappa shape index (κ3) is 3.19. The number of aliphatic carboxylic acids is 1. The Kier molecular flexibility index (Phi) is 3.77. The molecular weight excluding hydrogens is 196 g/mol. The molecule has 0 aromatic heterocycles. The lowest BCUT2D eigenvalue weighted by atomic mass is 10.1. The van der Waals surface area contributed by atoms with Crippen LogP contribution in [0.2, 0.25) is 0 Å². The van der Waals surface area contributed by atoms with Gasteiger partial charge in [0.1, 0.15) is 0 Å². The van der Waals surface area contributed by atoms with Crippen LogP contribution >= 0.6 is 0 Å². The highest BCUT2D eigenvalue weighted by Crippen LogP contribution is 2.13. The lowest BCUT2D eigenvalue weighted by Crippen LogP contribution is -2.46. The lowest BCUT2D eigenvalue weighted by Gasteiger charge is -2.24. The molecular formula is C8H13F2NO3. The maximum Gasteiger partial charge on any atom is 0.375 e. The largest absolute Gasteiger partial charge is 0.477 e. The molecule has 0 amide bonds. The summed E-state index contributed by atoms with van der Waals surface area (Å²) in [4.78, 5) is 10.1. The molecule has 0 radical (unpaired) electrons. The summed E-state index contributed by atoms with van der Waals surface area (Å²) < 4.78 is 30.2. The number of hydrogen-bond donors (Lipinski definition) is 2. The molecule has 0 bridgehead atoms. The van der Waals surface area contributed by atoms with Crippen LogP contribution in [0.25, 0.3) is 0 Å². The van der Waals surface area contributed by atoms with E-state index in [0.717, 1.165) is 12.8 Å². The van der Waals surface area contributed by atoms with E-state index in [1.54, 1.807) is 0 Å². The van der Waals surface area contributed by atoms with Crippen molar-refractivity contribution >= 4 is 5.97 Å². The Bertz CT molecular complexity index is 205. The van der Waals surface area contributed by atoms with Crippen LogP contribution in [0.4, 0.5) is 8.78 Å². The zero-order chi connectivity index (χ0) is 10.6. The standard InChI is InChI=1S/C8H13F2NO3/c9-8(10,7(12)13)5-11-6-2-1-3-14-4-6/h6,11H,1-5H2,(H,12,13). The van der Waals surface area contributed by atoms with Crippen molar-refractivity contribution in [3.63, 3.8) is 0 Å². The van der Waals surface area contributed by atoms with Gasteiger partial charge in [0.25, 0.3) is 0 Å². The highest BCUT2D eigenvalue weighted by molar-refractivity contribution is 5.75. The predicted molar refractivity (Wildman–Crippen MR) is 44.4 cm³/mol. The minimum absolute atomic E-state index is 0.158. The highest BCUT2D eigenvalue weighted by Gasteiger charge is 2.38. The topological polar surface area (TPSA) is 58.6 Å². The van der Waals surface area contributed by atoms with Gasteiger partial charge in [0, 0.05) is 12.6 Å². The van der Waals surface area contributed by atoms with Crippen LogP contribution in [0.5, 0.6) is 0 Å². The normalized spacial score (nSPS) is 23.4. The Hall–Kier alpha value is -0.750. The maximum absolute atomic E-state index is 12.6. The SMILES string of the molecule is O=C(O)C(F)(F)CNC1CCCOC1. The molecule has 0 aromatic rings. The summed E-state index contributed by atoms with van der Waals surface area (Å²) in [5, 5.41) is 10.6. The van der Waals surface area contributed by atoms with Gasteiger partial charge in [-0.25, -0.2) is 4.79 Å². The molecule has 0 saturated carbocycles. The van der Waals surface area contributed by atoms with Gasteiger partial charge in [-0.2, -0.15) is 8.78 Å². The fourth-order valence-electron chi connectivity index (χ4n) is 1.25. The molecule has 0 aliphatic carbocycles. The molecule has 1 aliphatic heterocycles. The van der Waals surface area contributed by atoms with Gasteiger partial charge in [0.2, 0.25) is 0 Å². The van der Waals surface area contributed by atoms with Crippen LogP contribution in [-0.2, 0) is 9.53 Å². The summed E-state index contributed by atoms with van der Waals surface area (Å²) in [5.41, 5.74) is 0. The van der Waals surface area contributed by atoms with Crippen LogP contribution < -0.4 is 5.32 Å². The zero-order valence-electron chi connectivity index (χ0n) is 7.63. The van der Waals surface area contributed by atoms with E-state index in [-0.39, 0.29) is 6.04 Å². The fraction of sp³-hybridized carbons (Fsp3) is 0.875. The van der Waals surface area contributed by atoms with Crippen LogP contribution in [0.3, 0.4) is 0 Å². The van der Waals surface area contributed by atoms with Crippen LogP contribution in [0.1, 0.15) is 12.8 Å². The Morgan fingerprint density at radius 1 is 1.64 bits per heavy atom. The number of hydrogen-bond acceptors (Lipinski definition) is 3. The molecule has 6 heteroatoms. The van der Waals surface area contributed by atoms with Gasteiger partial charge in [-0.1, -0.05) is 0 Å². The molecule has 82 valence electrons. The summed E-state index contributed by atoms with van der Waals surface area (Å²) in [6.45, 7) is 0.180. The molecule has 14 heavy (non-hydrogen) atoms. The first kappa shape index (κ1) is 11.3. The molecule has 2 N–H and O–H groups in total. The first-order valence-corrected chi connectivity index (χ1v) is 4.45. The second-order valence-electron chi connectivity index (χ2n) is 3.30. The minimum atomic E-state index is -3.70. The zero-order valence-corrected chi connectivity index (χ0v) is 7.63. The predicted octanol–water partition coefficient (Wildman–Crippen LogP) is 0.475. The average Bonchev–Trinajstić information content (AvgIpc) is 2.16. The third-order valence-electron chi connectivity index (χ3n) is 2.09. The molecule has 1 rings (SSSR count). The van der Waals surface area contributed by atoms with E-state index in [1.165, 1.54) is 0 Å². The Morgan fingerprint density at radius 3 is 2.86 bits per heavy atom. The molecule has 1 unspecified atom stereocenters. The van der Waals surface area contributed by atoms with Crippen molar-refractivity contribution in [2.24, 2.45) is 0 Å². The third-order valence-corrected chi connectivity index (χ3v) is 2.09. The number of nitrogens with one attached hydrogen (secondary N) is 1. The van der Waals surface area contributed by atoms with E-state index >= 15 is 0 Å². The van der Waals surface area contributed by atoms with Gasteiger partial charge in [0.05, 0.1) is 13.2 Å². The van der Waals surface area contributed by atoms with Gasteiger partial charge in [-0.15, -0.1) is 0 Å². The van der Waals surface area contributed by atoms with Gasteiger partial charge in [-0.05, 0) is 12.8 Å². The van der Waals surface area contributed by atoms with Crippen molar-refractivity contribution in [1.29, 1.82) is 0 Å². The quantitative estimate of drug-likeness (QED) is 0.706. The van der Waals surface area contributed by atoms with Gasteiger partial charge < -0.3 is 15.2 Å². The second-order valence-corrected chi connectivity index (χ2v) is 3.30. The molecule has 0 spiro atoms. The first-order chi connectivity index (χ1) is 6.52. The molecule has 1 saturated heterocycles. The number of carbonyl (C=O) groups is 1. The van der Waals surface area contributed by atoms with E-state index in [1.807, 2.05) is 0 Å².